The number of benzene rings is 2. The summed E-state index contributed by atoms with van der Waals surface area (Å²) in [7, 11) is 3.95. The van der Waals surface area contributed by atoms with E-state index >= 15 is 0 Å². The summed E-state index contributed by atoms with van der Waals surface area (Å²) in [6.07, 6.45) is 1.86. The highest BCUT2D eigenvalue weighted by molar-refractivity contribution is 7.13. The SMILES string of the molecule is CN(C)c1ccc(C(=O)Nc2cn(-c3ccccc3)nc2-c2cccs2)cc1. The van der Waals surface area contributed by atoms with Crippen LogP contribution in [0.5, 0.6) is 0 Å². The smallest absolute Gasteiger partial charge is 0.255 e. The van der Waals surface area contributed by atoms with Gasteiger partial charge in [0, 0.05) is 25.3 Å². The Labute approximate surface area is 167 Å². The largest absolute Gasteiger partial charge is 0.378 e. The number of aromatic nitrogens is 2. The van der Waals surface area contributed by atoms with Crippen LogP contribution in [0.1, 0.15) is 10.4 Å². The van der Waals surface area contributed by atoms with E-state index in [2.05, 4.69) is 5.32 Å². The van der Waals surface area contributed by atoms with Crippen LogP contribution in [0.4, 0.5) is 11.4 Å². The van der Waals surface area contributed by atoms with E-state index < -0.39 is 0 Å². The zero-order chi connectivity index (χ0) is 19.5. The minimum Gasteiger partial charge on any atom is -0.378 e. The number of para-hydroxylation sites is 1. The van der Waals surface area contributed by atoms with Crippen LogP contribution < -0.4 is 10.2 Å². The van der Waals surface area contributed by atoms with Gasteiger partial charge in [-0.25, -0.2) is 4.68 Å². The average Bonchev–Trinajstić information content (AvgIpc) is 3.38. The van der Waals surface area contributed by atoms with Crippen LogP contribution in [0.2, 0.25) is 0 Å². The molecular weight excluding hydrogens is 368 g/mol. The van der Waals surface area contributed by atoms with Gasteiger partial charge in [0.1, 0.15) is 5.69 Å². The number of hydrogen-bond acceptors (Lipinski definition) is 4. The zero-order valence-electron chi connectivity index (χ0n) is 15.7. The predicted molar refractivity (Wildman–Crippen MR) is 116 cm³/mol. The second kappa shape index (κ2) is 7.70. The Morgan fingerprint density at radius 1 is 1.00 bits per heavy atom. The van der Waals surface area contributed by atoms with E-state index in [4.69, 9.17) is 5.10 Å². The van der Waals surface area contributed by atoms with Gasteiger partial charge in [-0.1, -0.05) is 24.3 Å². The molecule has 0 spiro atoms. The van der Waals surface area contributed by atoms with Crippen molar-refractivity contribution in [2.45, 2.75) is 0 Å². The summed E-state index contributed by atoms with van der Waals surface area (Å²) >= 11 is 1.59. The van der Waals surface area contributed by atoms with Gasteiger partial charge in [-0.2, -0.15) is 5.10 Å². The highest BCUT2D eigenvalue weighted by Gasteiger charge is 2.16. The molecule has 4 aromatic rings. The summed E-state index contributed by atoms with van der Waals surface area (Å²) < 4.78 is 1.79. The molecule has 28 heavy (non-hydrogen) atoms. The Morgan fingerprint density at radius 2 is 1.75 bits per heavy atom. The summed E-state index contributed by atoms with van der Waals surface area (Å²) in [6.45, 7) is 0. The maximum absolute atomic E-state index is 12.8. The van der Waals surface area contributed by atoms with Crippen LogP contribution in [-0.4, -0.2) is 29.8 Å². The van der Waals surface area contributed by atoms with Crippen molar-refractivity contribution in [2.24, 2.45) is 0 Å². The molecule has 5 nitrogen and oxygen atoms in total. The number of rotatable bonds is 5. The van der Waals surface area contributed by atoms with Gasteiger partial charge >= 0.3 is 0 Å². The third-order valence-electron chi connectivity index (χ3n) is 4.38. The number of carbonyl (C=O) groups is 1. The van der Waals surface area contributed by atoms with E-state index in [0.717, 1.165) is 21.9 Å². The fourth-order valence-electron chi connectivity index (χ4n) is 2.88. The van der Waals surface area contributed by atoms with Crippen LogP contribution in [-0.2, 0) is 0 Å². The van der Waals surface area contributed by atoms with Gasteiger partial charge in [0.15, 0.2) is 0 Å². The molecule has 0 unspecified atom stereocenters. The molecule has 140 valence electrons. The molecule has 1 amide bonds. The lowest BCUT2D eigenvalue weighted by atomic mass is 10.2. The number of nitrogens with zero attached hydrogens (tertiary/aromatic N) is 3. The first kappa shape index (κ1) is 18.0. The fraction of sp³-hybridized carbons (Fsp3) is 0.0909. The molecule has 1 N–H and O–H groups in total. The fourth-order valence-corrected chi connectivity index (χ4v) is 3.60. The van der Waals surface area contributed by atoms with Crippen molar-refractivity contribution < 1.29 is 4.79 Å². The highest BCUT2D eigenvalue weighted by atomic mass is 32.1. The molecule has 0 saturated carbocycles. The molecule has 0 fully saturated rings. The second-order valence-corrected chi connectivity index (χ2v) is 7.49. The molecule has 0 atom stereocenters. The van der Waals surface area contributed by atoms with Crippen molar-refractivity contribution >= 4 is 28.6 Å². The molecule has 0 saturated heterocycles. The first-order chi connectivity index (χ1) is 13.6. The van der Waals surface area contributed by atoms with Crippen LogP contribution in [0.3, 0.4) is 0 Å². The average molecular weight is 388 g/mol. The third-order valence-corrected chi connectivity index (χ3v) is 5.26. The summed E-state index contributed by atoms with van der Waals surface area (Å²) in [5, 5.41) is 9.74. The van der Waals surface area contributed by atoms with Crippen LogP contribution in [0.15, 0.2) is 78.3 Å². The molecule has 6 heteroatoms. The zero-order valence-corrected chi connectivity index (χ0v) is 16.5. The normalized spacial score (nSPS) is 10.6. The molecule has 2 aromatic carbocycles. The number of carbonyl (C=O) groups excluding carboxylic acids is 1. The third kappa shape index (κ3) is 3.68. The Morgan fingerprint density at radius 3 is 2.39 bits per heavy atom. The van der Waals surface area contributed by atoms with Gasteiger partial charge in [0.05, 0.1) is 22.4 Å². The monoisotopic (exact) mass is 388 g/mol. The van der Waals surface area contributed by atoms with Crippen molar-refractivity contribution in [1.82, 2.24) is 9.78 Å². The summed E-state index contributed by atoms with van der Waals surface area (Å²) in [4.78, 5) is 15.8. The topological polar surface area (TPSA) is 50.2 Å². The molecule has 0 aliphatic carbocycles. The lowest BCUT2D eigenvalue weighted by Gasteiger charge is -2.12. The number of nitrogens with one attached hydrogen (secondary N) is 1. The predicted octanol–water partition coefficient (Wildman–Crippen LogP) is 4.92. The van der Waals surface area contributed by atoms with Gasteiger partial charge in [0.25, 0.3) is 5.91 Å². The minimum absolute atomic E-state index is 0.157. The van der Waals surface area contributed by atoms with Crippen molar-refractivity contribution in [3.63, 3.8) is 0 Å². The number of hydrogen-bond donors (Lipinski definition) is 1. The quantitative estimate of drug-likeness (QED) is 0.528. The molecule has 0 aliphatic heterocycles. The highest BCUT2D eigenvalue weighted by Crippen LogP contribution is 2.31. The first-order valence-corrected chi connectivity index (χ1v) is 9.77. The maximum Gasteiger partial charge on any atom is 0.255 e. The van der Waals surface area contributed by atoms with Crippen molar-refractivity contribution in [1.29, 1.82) is 0 Å². The number of anilines is 2. The van der Waals surface area contributed by atoms with Gasteiger partial charge in [-0.3, -0.25) is 4.79 Å². The van der Waals surface area contributed by atoms with Crippen molar-refractivity contribution in [3.05, 3.63) is 83.9 Å². The van der Waals surface area contributed by atoms with E-state index in [1.807, 2.05) is 97.3 Å². The minimum atomic E-state index is -0.157. The van der Waals surface area contributed by atoms with E-state index in [1.165, 1.54) is 0 Å². The molecule has 0 radical (unpaired) electrons. The lowest BCUT2D eigenvalue weighted by molar-refractivity contribution is 0.102. The van der Waals surface area contributed by atoms with Crippen LogP contribution >= 0.6 is 11.3 Å². The molecule has 0 aliphatic rings. The number of amides is 1. The van der Waals surface area contributed by atoms with Gasteiger partial charge < -0.3 is 10.2 Å². The summed E-state index contributed by atoms with van der Waals surface area (Å²) in [6, 6.07) is 21.4. The van der Waals surface area contributed by atoms with Crippen molar-refractivity contribution in [2.75, 3.05) is 24.3 Å². The second-order valence-electron chi connectivity index (χ2n) is 6.54. The molecule has 4 rings (SSSR count). The Bertz CT molecular complexity index is 1070. The first-order valence-electron chi connectivity index (χ1n) is 8.89. The Hall–Kier alpha value is -3.38. The van der Waals surface area contributed by atoms with Crippen molar-refractivity contribution in [3.8, 4) is 16.3 Å². The molecule has 2 heterocycles. The molecular formula is C22H20N4OS. The van der Waals surface area contributed by atoms with E-state index in [9.17, 15) is 4.79 Å². The summed E-state index contributed by atoms with van der Waals surface area (Å²) in [5.41, 5.74) is 4.05. The van der Waals surface area contributed by atoms with Crippen LogP contribution in [0.25, 0.3) is 16.3 Å². The Balaban J connectivity index is 1.66. The lowest BCUT2D eigenvalue weighted by Crippen LogP contribution is -2.13. The van der Waals surface area contributed by atoms with E-state index in [1.54, 1.807) is 16.0 Å². The summed E-state index contributed by atoms with van der Waals surface area (Å²) in [5.74, 6) is -0.157. The van der Waals surface area contributed by atoms with E-state index in [-0.39, 0.29) is 5.91 Å². The van der Waals surface area contributed by atoms with Gasteiger partial charge in [-0.05, 0) is 47.8 Å². The molecule has 2 aromatic heterocycles. The maximum atomic E-state index is 12.8. The molecule has 0 bridgehead atoms. The van der Waals surface area contributed by atoms with Crippen LogP contribution in [0, 0.1) is 0 Å². The van der Waals surface area contributed by atoms with Gasteiger partial charge in [0.2, 0.25) is 0 Å². The van der Waals surface area contributed by atoms with E-state index in [0.29, 0.717) is 11.3 Å². The number of thiophene rings is 1. The Kier molecular flexibility index (Phi) is 4.95. The standard InChI is InChI=1S/C22H20N4OS/c1-25(2)17-12-10-16(11-13-17)22(27)23-19-15-26(18-7-4-3-5-8-18)24-21(19)20-9-6-14-28-20/h3-15H,1-2H3,(H,23,27). The van der Waals surface area contributed by atoms with Gasteiger partial charge in [-0.15, -0.1) is 11.3 Å².